The fraction of sp³-hybridized carbons (Fsp3) is 0.545. The number of esters is 1. The van der Waals surface area contributed by atoms with E-state index in [1.807, 2.05) is 13.0 Å². The standard InChI is InChI=1S/C11H14O4/c1-3-4-9-8(12)5-7-10(15-9)6(2)14-11(7)13/h3-6,8-10,12H,1-2H3/t6-,8-,9+,10-/m1/s1. The number of aliphatic hydroxyl groups is 1. The molecule has 2 rings (SSSR count). The van der Waals surface area contributed by atoms with E-state index < -0.39 is 6.10 Å². The fourth-order valence-corrected chi connectivity index (χ4v) is 1.89. The van der Waals surface area contributed by atoms with Gasteiger partial charge >= 0.3 is 5.97 Å². The van der Waals surface area contributed by atoms with Gasteiger partial charge in [0.05, 0.1) is 5.57 Å². The van der Waals surface area contributed by atoms with E-state index in [2.05, 4.69) is 0 Å². The van der Waals surface area contributed by atoms with Gasteiger partial charge in [-0.2, -0.15) is 0 Å². The SMILES string of the molecule is CC=C[C@@H]1O[C@H]2C(=C[C@H]1O)C(=O)O[C@@H]2C. The Bertz CT molecular complexity index is 331. The number of ether oxygens (including phenoxy) is 2. The summed E-state index contributed by atoms with van der Waals surface area (Å²) in [7, 11) is 0. The van der Waals surface area contributed by atoms with Crippen molar-refractivity contribution >= 4 is 5.97 Å². The molecule has 2 aliphatic heterocycles. The van der Waals surface area contributed by atoms with Crippen molar-refractivity contribution in [3.8, 4) is 0 Å². The molecule has 0 aliphatic carbocycles. The number of hydrogen-bond acceptors (Lipinski definition) is 4. The minimum Gasteiger partial charge on any atom is -0.456 e. The highest BCUT2D eigenvalue weighted by Crippen LogP contribution is 2.30. The maximum atomic E-state index is 11.3. The molecule has 4 atom stereocenters. The van der Waals surface area contributed by atoms with Crippen molar-refractivity contribution in [1.29, 1.82) is 0 Å². The third-order valence-electron chi connectivity index (χ3n) is 2.63. The molecule has 0 amide bonds. The van der Waals surface area contributed by atoms with Crippen molar-refractivity contribution in [1.82, 2.24) is 0 Å². The maximum absolute atomic E-state index is 11.3. The van der Waals surface area contributed by atoms with E-state index in [0.717, 1.165) is 0 Å². The summed E-state index contributed by atoms with van der Waals surface area (Å²) in [6, 6.07) is 0. The van der Waals surface area contributed by atoms with Gasteiger partial charge in [0.2, 0.25) is 0 Å². The Morgan fingerprint density at radius 1 is 1.53 bits per heavy atom. The molecule has 0 aromatic heterocycles. The summed E-state index contributed by atoms with van der Waals surface area (Å²) in [5.41, 5.74) is 0.441. The van der Waals surface area contributed by atoms with Crippen LogP contribution in [0.3, 0.4) is 0 Å². The van der Waals surface area contributed by atoms with Crippen LogP contribution in [0.25, 0.3) is 0 Å². The van der Waals surface area contributed by atoms with E-state index in [4.69, 9.17) is 9.47 Å². The van der Waals surface area contributed by atoms with E-state index in [1.165, 1.54) is 6.08 Å². The van der Waals surface area contributed by atoms with Crippen LogP contribution in [0.4, 0.5) is 0 Å². The van der Waals surface area contributed by atoms with Crippen LogP contribution >= 0.6 is 0 Å². The number of carbonyl (C=O) groups is 1. The van der Waals surface area contributed by atoms with Gasteiger partial charge in [-0.15, -0.1) is 0 Å². The first-order valence-corrected chi connectivity index (χ1v) is 5.02. The summed E-state index contributed by atoms with van der Waals surface area (Å²) >= 11 is 0. The van der Waals surface area contributed by atoms with Gasteiger partial charge in [-0.05, 0) is 19.9 Å². The number of rotatable bonds is 1. The lowest BCUT2D eigenvalue weighted by Crippen LogP contribution is -2.38. The van der Waals surface area contributed by atoms with Crippen LogP contribution in [0.2, 0.25) is 0 Å². The second-order valence-electron chi connectivity index (χ2n) is 3.77. The van der Waals surface area contributed by atoms with Gasteiger partial charge in [0.1, 0.15) is 24.4 Å². The molecule has 0 bridgehead atoms. The average Bonchev–Trinajstić information content (AvgIpc) is 2.44. The lowest BCUT2D eigenvalue weighted by atomic mass is 10.00. The number of fused-ring (bicyclic) bond motifs is 1. The summed E-state index contributed by atoms with van der Waals surface area (Å²) < 4.78 is 10.6. The fourth-order valence-electron chi connectivity index (χ4n) is 1.89. The molecule has 0 aromatic carbocycles. The molecule has 1 N–H and O–H groups in total. The molecule has 0 unspecified atom stereocenters. The number of allylic oxidation sites excluding steroid dienone is 1. The lowest BCUT2D eigenvalue weighted by molar-refractivity contribution is -0.139. The lowest BCUT2D eigenvalue weighted by Gasteiger charge is -2.28. The zero-order chi connectivity index (χ0) is 11.0. The number of hydrogen-bond donors (Lipinski definition) is 1. The van der Waals surface area contributed by atoms with Crippen LogP contribution in [0.5, 0.6) is 0 Å². The molecule has 2 heterocycles. The monoisotopic (exact) mass is 210 g/mol. The second-order valence-corrected chi connectivity index (χ2v) is 3.77. The van der Waals surface area contributed by atoms with E-state index >= 15 is 0 Å². The first-order valence-electron chi connectivity index (χ1n) is 5.02. The number of cyclic esters (lactones) is 1. The Morgan fingerprint density at radius 3 is 2.93 bits per heavy atom. The Morgan fingerprint density at radius 2 is 2.27 bits per heavy atom. The highest BCUT2D eigenvalue weighted by molar-refractivity contribution is 5.92. The van der Waals surface area contributed by atoms with E-state index in [0.29, 0.717) is 5.57 Å². The van der Waals surface area contributed by atoms with Gasteiger partial charge in [-0.25, -0.2) is 4.79 Å². The molecule has 1 saturated heterocycles. The van der Waals surface area contributed by atoms with Crippen LogP contribution in [0.15, 0.2) is 23.8 Å². The third-order valence-corrected chi connectivity index (χ3v) is 2.63. The van der Waals surface area contributed by atoms with Crippen molar-refractivity contribution in [2.24, 2.45) is 0 Å². The molecule has 4 nitrogen and oxygen atoms in total. The molecule has 4 heteroatoms. The van der Waals surface area contributed by atoms with Crippen molar-refractivity contribution in [2.45, 2.75) is 38.3 Å². The minimum absolute atomic E-state index is 0.274. The zero-order valence-corrected chi connectivity index (χ0v) is 8.71. The smallest absolute Gasteiger partial charge is 0.336 e. The van der Waals surface area contributed by atoms with Gasteiger partial charge in [0.15, 0.2) is 0 Å². The van der Waals surface area contributed by atoms with Crippen LogP contribution in [-0.2, 0) is 14.3 Å². The predicted octanol–water partition coefficient (Wildman–Crippen LogP) is 0.562. The van der Waals surface area contributed by atoms with Gasteiger partial charge in [0.25, 0.3) is 0 Å². The molecule has 15 heavy (non-hydrogen) atoms. The van der Waals surface area contributed by atoms with Gasteiger partial charge in [-0.1, -0.05) is 12.2 Å². The summed E-state index contributed by atoms with van der Waals surface area (Å²) in [4.78, 5) is 11.3. The summed E-state index contributed by atoms with van der Waals surface area (Å²) in [5.74, 6) is -0.384. The van der Waals surface area contributed by atoms with Crippen molar-refractivity contribution in [3.05, 3.63) is 23.8 Å². The topological polar surface area (TPSA) is 55.8 Å². The summed E-state index contributed by atoms with van der Waals surface area (Å²) in [5, 5.41) is 9.69. The predicted molar refractivity (Wildman–Crippen MR) is 53.1 cm³/mol. The molecule has 1 fully saturated rings. The first-order chi connectivity index (χ1) is 7.13. The largest absolute Gasteiger partial charge is 0.456 e. The Hall–Kier alpha value is -1.13. The highest BCUT2D eigenvalue weighted by atomic mass is 16.6. The molecule has 0 radical (unpaired) electrons. The van der Waals surface area contributed by atoms with Gasteiger partial charge < -0.3 is 14.6 Å². The van der Waals surface area contributed by atoms with Crippen LogP contribution in [0.1, 0.15) is 13.8 Å². The summed E-state index contributed by atoms with van der Waals surface area (Å²) in [6.07, 6.45) is 3.34. The third kappa shape index (κ3) is 1.70. The van der Waals surface area contributed by atoms with Crippen molar-refractivity contribution in [3.63, 3.8) is 0 Å². The molecule has 0 saturated carbocycles. The van der Waals surface area contributed by atoms with Crippen LogP contribution < -0.4 is 0 Å². The molecule has 0 aromatic rings. The minimum atomic E-state index is -0.773. The zero-order valence-electron chi connectivity index (χ0n) is 8.71. The van der Waals surface area contributed by atoms with Crippen molar-refractivity contribution in [2.75, 3.05) is 0 Å². The number of aliphatic hydroxyl groups excluding tert-OH is 1. The quantitative estimate of drug-likeness (QED) is 0.507. The maximum Gasteiger partial charge on any atom is 0.336 e. The first kappa shape index (κ1) is 10.4. The summed E-state index contributed by atoms with van der Waals surface area (Å²) in [6.45, 7) is 3.64. The normalized spacial score (nSPS) is 40.2. The average molecular weight is 210 g/mol. The highest BCUT2D eigenvalue weighted by Gasteiger charge is 2.43. The molecule has 82 valence electrons. The number of carbonyl (C=O) groups excluding carboxylic acids is 1. The van der Waals surface area contributed by atoms with Gasteiger partial charge in [0, 0.05) is 0 Å². The Kier molecular flexibility index (Phi) is 2.63. The van der Waals surface area contributed by atoms with Gasteiger partial charge in [-0.3, -0.25) is 0 Å². The molecular weight excluding hydrogens is 196 g/mol. The van der Waals surface area contributed by atoms with E-state index in [9.17, 15) is 9.90 Å². The molecular formula is C11H14O4. The van der Waals surface area contributed by atoms with Crippen molar-refractivity contribution < 1.29 is 19.4 Å². The Balaban J connectivity index is 2.26. The van der Waals surface area contributed by atoms with E-state index in [-0.39, 0.29) is 24.3 Å². The van der Waals surface area contributed by atoms with Crippen LogP contribution in [0, 0.1) is 0 Å². The van der Waals surface area contributed by atoms with E-state index in [1.54, 1.807) is 13.0 Å². The Labute approximate surface area is 88.2 Å². The second kappa shape index (κ2) is 3.79. The molecule has 0 spiro atoms. The van der Waals surface area contributed by atoms with Crippen LogP contribution in [-0.4, -0.2) is 35.5 Å². The molecule has 2 aliphatic rings.